The van der Waals surface area contributed by atoms with E-state index < -0.39 is 4.92 Å². The fourth-order valence-corrected chi connectivity index (χ4v) is 6.93. The Morgan fingerprint density at radius 2 is 1.68 bits per heavy atom. The molecule has 8 nitrogen and oxygen atoms in total. The minimum Gasteiger partial charge on any atom is -0.496 e. The zero-order valence-corrected chi connectivity index (χ0v) is 24.6. The summed E-state index contributed by atoms with van der Waals surface area (Å²) in [5, 5.41) is 11.0. The van der Waals surface area contributed by atoms with Gasteiger partial charge in [-0.05, 0) is 59.9 Å². The Morgan fingerprint density at radius 3 is 2.48 bits per heavy atom. The highest BCUT2D eigenvalue weighted by atomic mass is 32.1. The highest BCUT2D eigenvalue weighted by Crippen LogP contribution is 2.43. The molecule has 0 saturated carbocycles. The normalized spacial score (nSPS) is 15.6. The number of rotatable bonds is 7. The molecule has 2 heterocycles. The second-order valence-electron chi connectivity index (χ2n) is 10.6. The number of allylic oxidation sites excluding steroid dienone is 1. The monoisotopic (exact) mass is 601 g/mol. The highest BCUT2D eigenvalue weighted by Gasteiger charge is 2.34. The predicted molar refractivity (Wildman–Crippen MR) is 170 cm³/mol. The molecule has 218 valence electrons. The number of aryl methyl sites for hydroxylation is 1. The fraction of sp³-hybridized carbons (Fsp3) is 0.143. The molecule has 0 spiro atoms. The second kappa shape index (κ2) is 11.4. The molecule has 0 bridgehead atoms. The number of nitrogens with zero attached hydrogens (tertiary/aromatic N) is 3. The van der Waals surface area contributed by atoms with Crippen LogP contribution in [0, 0.1) is 10.1 Å². The molecule has 1 atom stereocenters. The van der Waals surface area contributed by atoms with Crippen LogP contribution in [-0.4, -0.2) is 16.6 Å². The Kier molecular flexibility index (Phi) is 7.15. The summed E-state index contributed by atoms with van der Waals surface area (Å²) in [6.45, 7) is 0.226. The number of aromatic nitrogens is 1. The van der Waals surface area contributed by atoms with Crippen LogP contribution in [0.2, 0.25) is 0 Å². The summed E-state index contributed by atoms with van der Waals surface area (Å²) < 4.78 is 14.3. The van der Waals surface area contributed by atoms with Crippen LogP contribution < -0.4 is 24.4 Å². The summed E-state index contributed by atoms with van der Waals surface area (Å²) in [4.78, 5) is 30.5. The molecular weight excluding hydrogens is 574 g/mol. The van der Waals surface area contributed by atoms with E-state index in [1.54, 1.807) is 19.2 Å². The van der Waals surface area contributed by atoms with Crippen molar-refractivity contribution in [1.82, 2.24) is 4.57 Å². The number of ether oxygens (including phenoxy) is 2. The number of hydrogen-bond donors (Lipinski definition) is 0. The second-order valence-corrected chi connectivity index (χ2v) is 11.6. The minimum atomic E-state index is -0.427. The average molecular weight is 602 g/mol. The van der Waals surface area contributed by atoms with E-state index in [2.05, 4.69) is 18.2 Å². The number of nitro benzene ring substituents is 1. The van der Waals surface area contributed by atoms with Crippen molar-refractivity contribution in [2.45, 2.75) is 25.5 Å². The van der Waals surface area contributed by atoms with Crippen molar-refractivity contribution in [2.75, 3.05) is 7.11 Å². The summed E-state index contributed by atoms with van der Waals surface area (Å²) in [7, 11) is 1.65. The third-order valence-corrected chi connectivity index (χ3v) is 9.04. The quantitative estimate of drug-likeness (QED) is 0.173. The molecule has 7 rings (SSSR count). The van der Waals surface area contributed by atoms with Gasteiger partial charge in [-0.3, -0.25) is 19.5 Å². The number of fused-ring (bicyclic) bond motifs is 3. The van der Waals surface area contributed by atoms with Gasteiger partial charge in [0.05, 0.1) is 28.3 Å². The smallest absolute Gasteiger partial charge is 0.271 e. The lowest BCUT2D eigenvalue weighted by molar-refractivity contribution is -0.384. The number of non-ortho nitro benzene ring substituents is 1. The average Bonchev–Trinajstić information content (AvgIpc) is 3.37. The Balaban J connectivity index is 1.33. The zero-order chi connectivity index (χ0) is 30.2. The van der Waals surface area contributed by atoms with Gasteiger partial charge in [-0.15, -0.1) is 0 Å². The maximum Gasteiger partial charge on any atom is 0.271 e. The first-order valence-electron chi connectivity index (χ1n) is 14.2. The molecule has 0 radical (unpaired) electrons. The number of thiazole rings is 1. The fourth-order valence-electron chi connectivity index (χ4n) is 5.94. The maximum absolute atomic E-state index is 14.2. The Hall–Kier alpha value is -5.28. The van der Waals surface area contributed by atoms with Gasteiger partial charge in [0.1, 0.15) is 18.1 Å². The van der Waals surface area contributed by atoms with Crippen LogP contribution in [-0.2, 0) is 13.0 Å². The van der Waals surface area contributed by atoms with E-state index >= 15 is 0 Å². The van der Waals surface area contributed by atoms with Crippen molar-refractivity contribution < 1.29 is 14.4 Å². The van der Waals surface area contributed by atoms with Crippen molar-refractivity contribution in [2.24, 2.45) is 4.99 Å². The summed E-state index contributed by atoms with van der Waals surface area (Å²) in [5.41, 5.74) is 6.79. The van der Waals surface area contributed by atoms with Gasteiger partial charge in [-0.25, -0.2) is 4.99 Å². The van der Waals surface area contributed by atoms with E-state index in [0.717, 1.165) is 52.1 Å². The van der Waals surface area contributed by atoms with E-state index in [1.165, 1.54) is 29.0 Å². The van der Waals surface area contributed by atoms with Gasteiger partial charge < -0.3 is 9.47 Å². The van der Waals surface area contributed by atoms with E-state index in [-0.39, 0.29) is 23.9 Å². The molecule has 4 aromatic carbocycles. The van der Waals surface area contributed by atoms with Crippen LogP contribution in [0.5, 0.6) is 11.5 Å². The molecule has 0 unspecified atom stereocenters. The standard InChI is InChI=1S/C35H27N3O5S/c1-42-30-13-7-5-11-27(30)33-28-19-16-23-8-2-4-10-26(23)32(28)36-35-37(33)34(39)31(44-35)20-24-9-3-6-12-29(24)43-21-22-14-17-25(18-15-22)38(40)41/h2-15,17-18,20,33H,16,19,21H2,1H3/b31-20-/t33-/m0/s1. The van der Waals surface area contributed by atoms with Crippen molar-refractivity contribution in [3.05, 3.63) is 160 Å². The molecule has 1 aromatic heterocycles. The van der Waals surface area contributed by atoms with Crippen LogP contribution in [0.25, 0.3) is 11.8 Å². The van der Waals surface area contributed by atoms with Crippen molar-refractivity contribution in [3.8, 4) is 11.5 Å². The molecule has 0 fully saturated rings. The molecular formula is C35H27N3O5S. The Labute approximate surface area is 256 Å². The van der Waals surface area contributed by atoms with Crippen LogP contribution >= 0.6 is 11.3 Å². The number of para-hydroxylation sites is 2. The highest BCUT2D eigenvalue weighted by molar-refractivity contribution is 7.07. The molecule has 0 amide bonds. The molecule has 0 N–H and O–H groups in total. The maximum atomic E-state index is 14.2. The van der Waals surface area contributed by atoms with Gasteiger partial charge in [0.2, 0.25) is 0 Å². The lowest BCUT2D eigenvalue weighted by Crippen LogP contribution is -2.39. The van der Waals surface area contributed by atoms with Gasteiger partial charge >= 0.3 is 0 Å². The van der Waals surface area contributed by atoms with Crippen molar-refractivity contribution >= 4 is 28.8 Å². The van der Waals surface area contributed by atoms with E-state index in [4.69, 9.17) is 14.5 Å². The van der Waals surface area contributed by atoms with Crippen LogP contribution in [0.15, 0.2) is 112 Å². The molecule has 1 aliphatic heterocycles. The topological polar surface area (TPSA) is 96.0 Å². The van der Waals surface area contributed by atoms with Crippen LogP contribution in [0.3, 0.4) is 0 Å². The van der Waals surface area contributed by atoms with E-state index in [0.29, 0.717) is 15.1 Å². The third kappa shape index (κ3) is 4.91. The first kappa shape index (κ1) is 27.5. The first-order valence-corrected chi connectivity index (χ1v) is 15.0. The van der Waals surface area contributed by atoms with Crippen LogP contribution in [0.4, 0.5) is 5.69 Å². The number of methoxy groups -OCH3 is 1. The van der Waals surface area contributed by atoms with Crippen molar-refractivity contribution in [1.29, 1.82) is 0 Å². The summed E-state index contributed by atoms with van der Waals surface area (Å²) in [5.74, 6) is 1.33. The lowest BCUT2D eigenvalue weighted by atomic mass is 9.83. The van der Waals surface area contributed by atoms with Crippen molar-refractivity contribution in [3.63, 3.8) is 0 Å². The summed E-state index contributed by atoms with van der Waals surface area (Å²) in [6, 6.07) is 29.7. The first-order chi connectivity index (χ1) is 21.5. The van der Waals surface area contributed by atoms with Gasteiger partial charge in [0.25, 0.3) is 11.2 Å². The lowest BCUT2D eigenvalue weighted by Gasteiger charge is -2.31. The minimum absolute atomic E-state index is 0.0288. The van der Waals surface area contributed by atoms with Crippen LogP contribution in [0.1, 0.15) is 40.3 Å². The number of nitro groups is 1. The molecule has 9 heteroatoms. The van der Waals surface area contributed by atoms with Gasteiger partial charge in [0.15, 0.2) is 4.80 Å². The Bertz CT molecular complexity index is 2130. The summed E-state index contributed by atoms with van der Waals surface area (Å²) >= 11 is 1.36. The molecule has 0 saturated heterocycles. The van der Waals surface area contributed by atoms with E-state index in [9.17, 15) is 14.9 Å². The SMILES string of the molecule is COc1ccccc1[C@H]1C2=C(N=c3s/c(=C\c4ccccc4OCc4ccc([N+](=O)[O-])cc4)c(=O)n31)c1ccccc1CC2. The predicted octanol–water partition coefficient (Wildman–Crippen LogP) is 5.81. The largest absolute Gasteiger partial charge is 0.496 e. The van der Waals surface area contributed by atoms with Gasteiger partial charge in [0, 0.05) is 28.8 Å². The molecule has 5 aromatic rings. The zero-order valence-electron chi connectivity index (χ0n) is 23.8. The third-order valence-electron chi connectivity index (χ3n) is 8.05. The number of hydrogen-bond acceptors (Lipinski definition) is 7. The van der Waals surface area contributed by atoms with Gasteiger partial charge in [-0.1, -0.05) is 72.0 Å². The Morgan fingerprint density at radius 1 is 0.955 bits per heavy atom. The van der Waals surface area contributed by atoms with E-state index in [1.807, 2.05) is 65.2 Å². The van der Waals surface area contributed by atoms with Gasteiger partial charge in [-0.2, -0.15) is 0 Å². The molecule has 44 heavy (non-hydrogen) atoms. The number of benzene rings is 4. The molecule has 1 aliphatic carbocycles. The molecule has 2 aliphatic rings. The summed E-state index contributed by atoms with van der Waals surface area (Å²) in [6.07, 6.45) is 3.52.